The molecule has 30 heavy (non-hydrogen) atoms. The molecule has 0 spiro atoms. The predicted molar refractivity (Wildman–Crippen MR) is 112 cm³/mol. The number of sulfonamides is 1. The normalized spacial score (nSPS) is 17.7. The molecule has 1 saturated heterocycles. The molecular weight excluding hydrogens is 404 g/mol. The number of amides is 1. The SMILES string of the molecule is O=C(NCc1cccnc1)[C@H]1CCCN(S(=O)(=O)c2ccc3[nH]c(=O)ccc3c2)C1. The number of nitrogens with zero attached hydrogens (tertiary/aromatic N) is 2. The monoisotopic (exact) mass is 426 g/mol. The van der Waals surface area contributed by atoms with E-state index in [-0.39, 0.29) is 22.9 Å². The Morgan fingerprint density at radius 2 is 2.10 bits per heavy atom. The first-order valence-electron chi connectivity index (χ1n) is 9.73. The van der Waals surface area contributed by atoms with Gasteiger partial charge in [0.1, 0.15) is 0 Å². The summed E-state index contributed by atoms with van der Waals surface area (Å²) in [7, 11) is -3.75. The van der Waals surface area contributed by atoms with Crippen molar-refractivity contribution in [3.05, 3.63) is 70.8 Å². The van der Waals surface area contributed by atoms with Crippen molar-refractivity contribution in [3.63, 3.8) is 0 Å². The number of hydrogen-bond donors (Lipinski definition) is 2. The number of carbonyl (C=O) groups excluding carboxylic acids is 1. The molecule has 0 unspecified atom stereocenters. The smallest absolute Gasteiger partial charge is 0.248 e. The molecule has 8 nitrogen and oxygen atoms in total. The molecule has 1 aliphatic heterocycles. The number of carbonyl (C=O) groups is 1. The molecule has 2 N–H and O–H groups in total. The lowest BCUT2D eigenvalue weighted by Gasteiger charge is -2.31. The lowest BCUT2D eigenvalue weighted by molar-refractivity contribution is -0.126. The highest BCUT2D eigenvalue weighted by molar-refractivity contribution is 7.89. The molecule has 1 fully saturated rings. The van der Waals surface area contributed by atoms with Gasteiger partial charge in [0.15, 0.2) is 0 Å². The van der Waals surface area contributed by atoms with Gasteiger partial charge in [0.25, 0.3) is 0 Å². The third kappa shape index (κ3) is 4.27. The molecule has 1 aromatic carbocycles. The number of pyridine rings is 2. The molecule has 9 heteroatoms. The maximum absolute atomic E-state index is 13.2. The van der Waals surface area contributed by atoms with Crippen LogP contribution in [0.1, 0.15) is 18.4 Å². The first-order valence-corrected chi connectivity index (χ1v) is 11.2. The van der Waals surface area contributed by atoms with Crippen LogP contribution >= 0.6 is 0 Å². The summed E-state index contributed by atoms with van der Waals surface area (Å²) in [6, 6.07) is 11.3. The van der Waals surface area contributed by atoms with Crippen LogP contribution in [0.4, 0.5) is 0 Å². The molecular formula is C21H22N4O4S. The molecule has 1 amide bonds. The van der Waals surface area contributed by atoms with Gasteiger partial charge in [-0.05, 0) is 54.1 Å². The highest BCUT2D eigenvalue weighted by atomic mass is 32.2. The topological polar surface area (TPSA) is 112 Å². The van der Waals surface area contributed by atoms with E-state index in [9.17, 15) is 18.0 Å². The maximum Gasteiger partial charge on any atom is 0.248 e. The van der Waals surface area contributed by atoms with E-state index in [1.54, 1.807) is 36.7 Å². The van der Waals surface area contributed by atoms with Crippen LogP contribution in [-0.4, -0.2) is 41.7 Å². The van der Waals surface area contributed by atoms with Crippen molar-refractivity contribution in [2.75, 3.05) is 13.1 Å². The van der Waals surface area contributed by atoms with Crippen molar-refractivity contribution in [1.29, 1.82) is 0 Å². The molecule has 1 atom stereocenters. The Morgan fingerprint density at radius 3 is 2.90 bits per heavy atom. The zero-order chi connectivity index (χ0) is 21.1. The molecule has 2 aromatic heterocycles. The van der Waals surface area contributed by atoms with Gasteiger partial charge in [-0.2, -0.15) is 4.31 Å². The predicted octanol–water partition coefficient (Wildman–Crippen LogP) is 1.64. The van der Waals surface area contributed by atoms with Crippen LogP contribution in [0.3, 0.4) is 0 Å². The average Bonchev–Trinajstić information content (AvgIpc) is 2.77. The minimum absolute atomic E-state index is 0.144. The van der Waals surface area contributed by atoms with Crippen LogP contribution in [0, 0.1) is 5.92 Å². The van der Waals surface area contributed by atoms with Crippen molar-refractivity contribution in [2.24, 2.45) is 5.92 Å². The second-order valence-electron chi connectivity index (χ2n) is 7.35. The van der Waals surface area contributed by atoms with Gasteiger partial charge in [0.05, 0.1) is 10.8 Å². The molecule has 3 heterocycles. The largest absolute Gasteiger partial charge is 0.352 e. The Kier molecular flexibility index (Phi) is 5.65. The molecule has 3 aromatic rings. The summed E-state index contributed by atoms with van der Waals surface area (Å²) in [5.74, 6) is -0.558. The number of aromatic amines is 1. The van der Waals surface area contributed by atoms with E-state index >= 15 is 0 Å². The summed E-state index contributed by atoms with van der Waals surface area (Å²) in [4.78, 5) is 30.9. The number of H-pyrrole nitrogens is 1. The molecule has 4 rings (SSSR count). The zero-order valence-corrected chi connectivity index (χ0v) is 17.1. The Bertz CT molecular complexity index is 1220. The van der Waals surface area contributed by atoms with Gasteiger partial charge in [-0.3, -0.25) is 14.6 Å². The van der Waals surface area contributed by atoms with Gasteiger partial charge in [0, 0.05) is 43.6 Å². The summed E-state index contributed by atoms with van der Waals surface area (Å²) in [5, 5.41) is 3.51. The van der Waals surface area contributed by atoms with E-state index in [2.05, 4.69) is 15.3 Å². The quantitative estimate of drug-likeness (QED) is 0.644. The number of rotatable bonds is 5. The Labute approximate surface area is 174 Å². The summed E-state index contributed by atoms with van der Waals surface area (Å²) >= 11 is 0. The Morgan fingerprint density at radius 1 is 1.23 bits per heavy atom. The van der Waals surface area contributed by atoms with Crippen molar-refractivity contribution in [2.45, 2.75) is 24.3 Å². The van der Waals surface area contributed by atoms with Crippen molar-refractivity contribution < 1.29 is 13.2 Å². The second-order valence-corrected chi connectivity index (χ2v) is 9.29. The van der Waals surface area contributed by atoms with Gasteiger partial charge in [-0.15, -0.1) is 0 Å². The van der Waals surface area contributed by atoms with E-state index in [0.29, 0.717) is 36.8 Å². The molecule has 0 aliphatic carbocycles. The van der Waals surface area contributed by atoms with Gasteiger partial charge >= 0.3 is 0 Å². The summed E-state index contributed by atoms with van der Waals surface area (Å²) in [5.41, 5.74) is 1.22. The fourth-order valence-electron chi connectivity index (χ4n) is 3.65. The lowest BCUT2D eigenvalue weighted by Crippen LogP contribution is -2.45. The molecule has 156 valence electrons. The summed E-state index contributed by atoms with van der Waals surface area (Å²) in [6.45, 7) is 0.877. The van der Waals surface area contributed by atoms with Gasteiger partial charge < -0.3 is 10.3 Å². The van der Waals surface area contributed by atoms with E-state index in [4.69, 9.17) is 0 Å². The van der Waals surface area contributed by atoms with Crippen LogP contribution < -0.4 is 10.9 Å². The standard InChI is InChI=1S/C21H22N4O4S/c26-20-8-5-16-11-18(6-7-19(16)24-20)30(28,29)25-10-2-4-17(14-25)21(27)23-13-15-3-1-9-22-12-15/h1,3,5-9,11-12,17H,2,4,10,13-14H2,(H,23,27)(H,24,26)/t17-/m0/s1. The van der Waals surface area contributed by atoms with Crippen LogP contribution in [0.2, 0.25) is 0 Å². The lowest BCUT2D eigenvalue weighted by atomic mass is 9.99. The number of hydrogen-bond acceptors (Lipinski definition) is 5. The van der Waals surface area contributed by atoms with Crippen LogP contribution in [0.5, 0.6) is 0 Å². The maximum atomic E-state index is 13.2. The first kappa shape index (κ1) is 20.2. The van der Waals surface area contributed by atoms with Crippen molar-refractivity contribution in [3.8, 4) is 0 Å². The van der Waals surface area contributed by atoms with Crippen molar-refractivity contribution in [1.82, 2.24) is 19.6 Å². The second kappa shape index (κ2) is 8.37. The van der Waals surface area contributed by atoms with E-state index < -0.39 is 15.9 Å². The minimum Gasteiger partial charge on any atom is -0.352 e. The first-order chi connectivity index (χ1) is 14.4. The number of nitrogens with one attached hydrogen (secondary N) is 2. The number of fused-ring (bicyclic) bond motifs is 1. The minimum atomic E-state index is -3.75. The number of benzene rings is 1. The summed E-state index contributed by atoms with van der Waals surface area (Å²) < 4.78 is 27.7. The van der Waals surface area contributed by atoms with E-state index in [1.165, 1.54) is 16.4 Å². The summed E-state index contributed by atoms with van der Waals surface area (Å²) in [6.07, 6.45) is 4.61. The van der Waals surface area contributed by atoms with Crippen LogP contribution in [0.15, 0.2) is 64.5 Å². The Balaban J connectivity index is 1.48. The number of piperidine rings is 1. The van der Waals surface area contributed by atoms with Gasteiger partial charge in [-0.1, -0.05) is 6.07 Å². The molecule has 0 bridgehead atoms. The average molecular weight is 426 g/mol. The fourth-order valence-corrected chi connectivity index (χ4v) is 5.21. The van der Waals surface area contributed by atoms with Crippen LogP contribution in [-0.2, 0) is 21.4 Å². The van der Waals surface area contributed by atoms with E-state index in [0.717, 1.165) is 5.56 Å². The molecule has 0 saturated carbocycles. The highest BCUT2D eigenvalue weighted by Crippen LogP contribution is 2.25. The zero-order valence-electron chi connectivity index (χ0n) is 16.2. The fraction of sp³-hybridized carbons (Fsp3) is 0.286. The molecule has 1 aliphatic rings. The third-order valence-electron chi connectivity index (χ3n) is 5.28. The Hall–Kier alpha value is -3.04. The van der Waals surface area contributed by atoms with Crippen LogP contribution in [0.25, 0.3) is 10.9 Å². The van der Waals surface area contributed by atoms with Crippen molar-refractivity contribution >= 4 is 26.8 Å². The number of aromatic nitrogens is 2. The van der Waals surface area contributed by atoms with Gasteiger partial charge in [-0.25, -0.2) is 8.42 Å². The highest BCUT2D eigenvalue weighted by Gasteiger charge is 2.33. The van der Waals surface area contributed by atoms with Gasteiger partial charge in [0.2, 0.25) is 21.5 Å². The molecule has 0 radical (unpaired) electrons. The van der Waals surface area contributed by atoms with E-state index in [1.807, 2.05) is 6.07 Å². The third-order valence-corrected chi connectivity index (χ3v) is 7.14.